The number of benzene rings is 1. The molecule has 124 valence electrons. The van der Waals surface area contributed by atoms with E-state index in [1.54, 1.807) is 23.3 Å². The molecular formula is C19H17N5O. The maximum atomic E-state index is 13.1. The summed E-state index contributed by atoms with van der Waals surface area (Å²) in [7, 11) is 0. The highest BCUT2D eigenvalue weighted by molar-refractivity contribution is 5.81. The average Bonchev–Trinajstić information content (AvgIpc) is 3.06. The number of pyridine rings is 1. The van der Waals surface area contributed by atoms with Crippen LogP contribution in [0.15, 0.2) is 59.8 Å². The summed E-state index contributed by atoms with van der Waals surface area (Å²) < 4.78 is 3.19. The zero-order valence-corrected chi connectivity index (χ0v) is 14.0. The minimum Gasteiger partial charge on any atom is -0.265 e. The van der Waals surface area contributed by atoms with Gasteiger partial charge in [-0.25, -0.2) is 9.36 Å². The quantitative estimate of drug-likeness (QED) is 0.579. The lowest BCUT2D eigenvalue weighted by molar-refractivity contribution is 0.633. The Morgan fingerprint density at radius 2 is 1.88 bits per heavy atom. The fourth-order valence-electron chi connectivity index (χ4n) is 2.98. The first-order valence-electron chi connectivity index (χ1n) is 8.05. The van der Waals surface area contributed by atoms with Gasteiger partial charge in [-0.3, -0.25) is 9.78 Å². The van der Waals surface area contributed by atoms with Crippen molar-refractivity contribution in [2.24, 2.45) is 0 Å². The zero-order chi connectivity index (χ0) is 17.4. The maximum Gasteiger partial charge on any atom is 0.293 e. The lowest BCUT2D eigenvalue weighted by Gasteiger charge is -2.10. The van der Waals surface area contributed by atoms with Crippen LogP contribution in [0.5, 0.6) is 0 Å². The Bertz CT molecular complexity index is 1110. The molecule has 0 atom stereocenters. The smallest absolute Gasteiger partial charge is 0.265 e. The Kier molecular flexibility index (Phi) is 3.65. The maximum absolute atomic E-state index is 13.1. The second-order valence-corrected chi connectivity index (χ2v) is 6.01. The Hall–Kier alpha value is -3.28. The monoisotopic (exact) mass is 331 g/mol. The molecule has 6 nitrogen and oxygen atoms in total. The highest BCUT2D eigenvalue weighted by Gasteiger charge is 2.16. The van der Waals surface area contributed by atoms with Crippen molar-refractivity contribution in [2.75, 3.05) is 0 Å². The van der Waals surface area contributed by atoms with Gasteiger partial charge >= 0.3 is 0 Å². The molecule has 0 saturated carbocycles. The van der Waals surface area contributed by atoms with Gasteiger partial charge in [0, 0.05) is 17.8 Å². The molecule has 0 spiro atoms. The van der Waals surface area contributed by atoms with Crippen molar-refractivity contribution in [1.29, 1.82) is 0 Å². The molecule has 0 amide bonds. The number of aromatic nitrogens is 5. The van der Waals surface area contributed by atoms with Gasteiger partial charge in [0.2, 0.25) is 0 Å². The van der Waals surface area contributed by atoms with Crippen molar-refractivity contribution in [1.82, 2.24) is 24.5 Å². The van der Waals surface area contributed by atoms with Crippen LogP contribution >= 0.6 is 0 Å². The number of para-hydroxylation sites is 1. The molecule has 0 unspecified atom stereocenters. The van der Waals surface area contributed by atoms with E-state index in [9.17, 15) is 4.79 Å². The van der Waals surface area contributed by atoms with Gasteiger partial charge in [0.25, 0.3) is 5.56 Å². The summed E-state index contributed by atoms with van der Waals surface area (Å²) in [5.74, 6) is 0. The van der Waals surface area contributed by atoms with Crippen LogP contribution in [0, 0.1) is 13.8 Å². The van der Waals surface area contributed by atoms with Crippen LogP contribution in [0.2, 0.25) is 0 Å². The SMILES string of the molecule is Cc1ccccc1-n1ncc2c(C)nn(Cc3cccnc3)c(=O)c21. The summed E-state index contributed by atoms with van der Waals surface area (Å²) in [5.41, 5.74) is 4.04. The molecule has 0 aliphatic rings. The number of fused-ring (bicyclic) bond motifs is 1. The molecule has 4 rings (SSSR count). The Morgan fingerprint density at radius 1 is 1.04 bits per heavy atom. The fourth-order valence-corrected chi connectivity index (χ4v) is 2.98. The summed E-state index contributed by atoms with van der Waals surface area (Å²) in [4.78, 5) is 17.2. The predicted octanol–water partition coefficient (Wildman–Crippen LogP) is 2.64. The third-order valence-corrected chi connectivity index (χ3v) is 4.27. The molecule has 0 fully saturated rings. The minimum absolute atomic E-state index is 0.162. The number of nitrogens with zero attached hydrogens (tertiary/aromatic N) is 5. The third kappa shape index (κ3) is 2.61. The van der Waals surface area contributed by atoms with E-state index < -0.39 is 0 Å². The molecule has 25 heavy (non-hydrogen) atoms. The second-order valence-electron chi connectivity index (χ2n) is 6.01. The molecule has 0 saturated heterocycles. The van der Waals surface area contributed by atoms with Crippen molar-refractivity contribution in [3.63, 3.8) is 0 Å². The lowest BCUT2D eigenvalue weighted by Crippen LogP contribution is -2.26. The van der Waals surface area contributed by atoms with Crippen molar-refractivity contribution < 1.29 is 0 Å². The molecule has 0 aliphatic carbocycles. The van der Waals surface area contributed by atoms with Crippen molar-refractivity contribution in [3.05, 3.63) is 82.2 Å². The van der Waals surface area contributed by atoms with E-state index in [0.717, 1.165) is 27.9 Å². The van der Waals surface area contributed by atoms with E-state index in [-0.39, 0.29) is 5.56 Å². The van der Waals surface area contributed by atoms with E-state index in [4.69, 9.17) is 0 Å². The largest absolute Gasteiger partial charge is 0.293 e. The van der Waals surface area contributed by atoms with E-state index in [1.807, 2.05) is 50.2 Å². The highest BCUT2D eigenvalue weighted by Crippen LogP contribution is 2.19. The van der Waals surface area contributed by atoms with E-state index >= 15 is 0 Å². The predicted molar refractivity (Wildman–Crippen MR) is 95.9 cm³/mol. The second kappa shape index (κ2) is 5.98. The van der Waals surface area contributed by atoms with Gasteiger partial charge in [-0.15, -0.1) is 0 Å². The van der Waals surface area contributed by atoms with Gasteiger partial charge in [0.1, 0.15) is 5.52 Å². The first-order valence-corrected chi connectivity index (χ1v) is 8.05. The van der Waals surface area contributed by atoms with Crippen molar-refractivity contribution >= 4 is 10.9 Å². The minimum atomic E-state index is -0.162. The van der Waals surface area contributed by atoms with Crippen LogP contribution in [0.3, 0.4) is 0 Å². The zero-order valence-electron chi connectivity index (χ0n) is 14.0. The summed E-state index contributed by atoms with van der Waals surface area (Å²) in [6, 6.07) is 11.7. The summed E-state index contributed by atoms with van der Waals surface area (Å²) in [5, 5.41) is 9.67. The van der Waals surface area contributed by atoms with E-state index in [0.29, 0.717) is 12.1 Å². The van der Waals surface area contributed by atoms with Gasteiger partial charge in [0.15, 0.2) is 0 Å². The molecule has 0 bridgehead atoms. The molecule has 3 aromatic heterocycles. The molecule has 1 aromatic carbocycles. The van der Waals surface area contributed by atoms with Gasteiger partial charge in [-0.1, -0.05) is 24.3 Å². The first-order chi connectivity index (χ1) is 12.1. The van der Waals surface area contributed by atoms with Crippen LogP contribution in [0.25, 0.3) is 16.6 Å². The average molecular weight is 331 g/mol. The Labute approximate surface area is 144 Å². The van der Waals surface area contributed by atoms with Crippen molar-refractivity contribution in [2.45, 2.75) is 20.4 Å². The van der Waals surface area contributed by atoms with Gasteiger partial charge in [-0.05, 0) is 37.1 Å². The Morgan fingerprint density at radius 3 is 2.64 bits per heavy atom. The topological polar surface area (TPSA) is 65.6 Å². The highest BCUT2D eigenvalue weighted by atomic mass is 16.1. The number of aryl methyl sites for hydroxylation is 2. The standard InChI is InChI=1S/C19H17N5O/c1-13-6-3-4-8-17(13)24-18-16(11-21-24)14(2)22-23(19(18)25)12-15-7-5-9-20-10-15/h3-11H,12H2,1-2H3. The van der Waals surface area contributed by atoms with E-state index in [2.05, 4.69) is 15.2 Å². The van der Waals surface area contributed by atoms with E-state index in [1.165, 1.54) is 4.68 Å². The lowest BCUT2D eigenvalue weighted by atomic mass is 10.2. The van der Waals surface area contributed by atoms with Gasteiger partial charge in [-0.2, -0.15) is 10.2 Å². The summed E-state index contributed by atoms with van der Waals surface area (Å²) in [6.07, 6.45) is 5.16. The van der Waals surface area contributed by atoms with Crippen LogP contribution in [0.4, 0.5) is 0 Å². The van der Waals surface area contributed by atoms with Gasteiger partial charge < -0.3 is 0 Å². The van der Waals surface area contributed by atoms with Crippen LogP contribution in [0.1, 0.15) is 16.8 Å². The third-order valence-electron chi connectivity index (χ3n) is 4.27. The molecular weight excluding hydrogens is 314 g/mol. The first kappa shape index (κ1) is 15.3. The fraction of sp³-hybridized carbons (Fsp3) is 0.158. The van der Waals surface area contributed by atoms with Crippen LogP contribution in [-0.2, 0) is 6.54 Å². The molecule has 3 heterocycles. The molecule has 0 aliphatic heterocycles. The summed E-state index contributed by atoms with van der Waals surface area (Å²) >= 11 is 0. The molecule has 0 radical (unpaired) electrons. The molecule has 0 N–H and O–H groups in total. The van der Waals surface area contributed by atoms with Crippen LogP contribution in [-0.4, -0.2) is 24.5 Å². The number of hydrogen-bond acceptors (Lipinski definition) is 4. The number of rotatable bonds is 3. The molecule has 6 heteroatoms. The Balaban J connectivity index is 1.94. The summed E-state index contributed by atoms with van der Waals surface area (Å²) in [6.45, 7) is 4.28. The van der Waals surface area contributed by atoms with Crippen LogP contribution < -0.4 is 5.56 Å². The normalized spacial score (nSPS) is 11.1. The molecule has 4 aromatic rings. The number of hydrogen-bond donors (Lipinski definition) is 0. The van der Waals surface area contributed by atoms with Gasteiger partial charge in [0.05, 0.1) is 24.1 Å². The van der Waals surface area contributed by atoms with Crippen molar-refractivity contribution in [3.8, 4) is 5.69 Å².